The third-order valence-electron chi connectivity index (χ3n) is 1.39. The molecule has 1 atom stereocenters. The number of hydrogen-bond acceptors (Lipinski definition) is 5. The van der Waals surface area contributed by atoms with Gasteiger partial charge in [0.1, 0.15) is 4.57 Å². The molecule has 0 aromatic rings. The third kappa shape index (κ3) is 6.07. The lowest BCUT2D eigenvalue weighted by Gasteiger charge is -2.21. The fourth-order valence-corrected chi connectivity index (χ4v) is 4.39. The van der Waals surface area contributed by atoms with E-state index in [0.29, 0.717) is 19.0 Å². The Kier molecular flexibility index (Phi) is 8.19. The second kappa shape index (κ2) is 7.85. The van der Waals surface area contributed by atoms with Crippen LogP contribution in [0.2, 0.25) is 0 Å². The molecule has 0 aliphatic carbocycles. The van der Waals surface area contributed by atoms with Crippen molar-refractivity contribution in [1.82, 2.24) is 0 Å². The molecule has 0 aromatic carbocycles. The van der Waals surface area contributed by atoms with E-state index in [0.717, 1.165) is 11.8 Å². The Labute approximate surface area is 103 Å². The van der Waals surface area contributed by atoms with Crippen LogP contribution in [-0.4, -0.2) is 28.7 Å². The first-order valence-corrected chi connectivity index (χ1v) is 8.13. The molecule has 0 heterocycles. The molecular weight excluding hydrogens is 303 g/mol. The van der Waals surface area contributed by atoms with Crippen molar-refractivity contribution < 1.29 is 18.4 Å². The summed E-state index contributed by atoms with van der Waals surface area (Å²) < 4.78 is 21.9. The predicted octanol–water partition coefficient (Wildman–Crippen LogP) is 3.25. The van der Waals surface area contributed by atoms with Crippen LogP contribution in [0.4, 0.5) is 0 Å². The Morgan fingerprint density at radius 2 is 1.87 bits per heavy atom. The minimum Gasteiger partial charge on any atom is -0.308 e. The first-order chi connectivity index (χ1) is 6.96. The maximum atomic E-state index is 12.1. The van der Waals surface area contributed by atoms with Crippen molar-refractivity contribution in [3.8, 4) is 0 Å². The monoisotopic (exact) mass is 318 g/mol. The van der Waals surface area contributed by atoms with E-state index < -0.39 is 12.2 Å². The van der Waals surface area contributed by atoms with Gasteiger partial charge in [-0.15, -0.1) is 0 Å². The smallest absolute Gasteiger partial charge is 0.308 e. The van der Waals surface area contributed by atoms with Crippen LogP contribution in [0.1, 0.15) is 20.8 Å². The van der Waals surface area contributed by atoms with Gasteiger partial charge in [0.25, 0.3) is 0 Å². The molecule has 0 saturated heterocycles. The molecule has 7 heteroatoms. The van der Waals surface area contributed by atoms with Gasteiger partial charge < -0.3 is 9.05 Å². The van der Waals surface area contributed by atoms with E-state index in [2.05, 4.69) is 15.9 Å². The summed E-state index contributed by atoms with van der Waals surface area (Å²) in [5, 5.41) is -0.0148. The number of rotatable bonds is 7. The van der Waals surface area contributed by atoms with Crippen LogP contribution < -0.4 is 0 Å². The van der Waals surface area contributed by atoms with Crippen molar-refractivity contribution in [1.29, 1.82) is 0 Å². The van der Waals surface area contributed by atoms with E-state index in [1.807, 2.05) is 0 Å². The summed E-state index contributed by atoms with van der Waals surface area (Å²) in [4.78, 5) is 10.8. The van der Waals surface area contributed by atoms with Gasteiger partial charge in [-0.1, -0.05) is 27.7 Å². The van der Waals surface area contributed by atoms with E-state index in [1.54, 1.807) is 13.8 Å². The summed E-state index contributed by atoms with van der Waals surface area (Å²) in [5.41, 5.74) is 0. The van der Waals surface area contributed by atoms with Crippen LogP contribution in [0, 0.1) is 0 Å². The second-order valence-electron chi connectivity index (χ2n) is 2.61. The van der Waals surface area contributed by atoms with Crippen molar-refractivity contribution in [3.05, 3.63) is 0 Å². The van der Waals surface area contributed by atoms with Gasteiger partial charge >= 0.3 is 7.60 Å². The van der Waals surface area contributed by atoms with Crippen LogP contribution in [-0.2, 0) is 18.4 Å². The van der Waals surface area contributed by atoms with Crippen LogP contribution >= 0.6 is 35.3 Å². The van der Waals surface area contributed by atoms with Gasteiger partial charge in [-0.25, -0.2) is 0 Å². The molecule has 90 valence electrons. The largest absolute Gasteiger partial charge is 0.345 e. The van der Waals surface area contributed by atoms with Gasteiger partial charge in [0.05, 0.1) is 13.2 Å². The van der Waals surface area contributed by atoms with E-state index in [9.17, 15) is 9.36 Å². The summed E-state index contributed by atoms with van der Waals surface area (Å²) in [7, 11) is -3.12. The normalized spacial score (nSPS) is 13.9. The van der Waals surface area contributed by atoms with Crippen molar-refractivity contribution >= 4 is 40.4 Å². The Bertz CT molecular complexity index is 239. The Morgan fingerprint density at radius 3 is 2.20 bits per heavy atom. The molecule has 0 aliphatic heterocycles. The zero-order valence-electron chi connectivity index (χ0n) is 9.07. The van der Waals surface area contributed by atoms with Gasteiger partial charge in [-0.2, -0.15) is 0 Å². The third-order valence-corrected chi connectivity index (χ3v) is 6.90. The zero-order chi connectivity index (χ0) is 11.9. The van der Waals surface area contributed by atoms with Crippen LogP contribution in [0.5, 0.6) is 0 Å². The average Bonchev–Trinajstić information content (AvgIpc) is 2.14. The average molecular weight is 319 g/mol. The van der Waals surface area contributed by atoms with Gasteiger partial charge in [-0.3, -0.25) is 9.36 Å². The Morgan fingerprint density at radius 1 is 1.40 bits per heavy atom. The summed E-state index contributed by atoms with van der Waals surface area (Å²) in [6, 6.07) is 0. The number of alkyl halides is 1. The summed E-state index contributed by atoms with van der Waals surface area (Å²) in [5.74, 6) is 0.382. The summed E-state index contributed by atoms with van der Waals surface area (Å²) in [6.07, 6.45) is 0. The maximum Gasteiger partial charge on any atom is 0.345 e. The standard InChI is InChI=1S/C8H16BrO4PS/c1-4-12-14(11,13-5-2)8(9)6-15-7(3)10/h8H,4-6H2,1-3H3/t8-/m1/s1. The Hall–Kier alpha value is 0.650. The summed E-state index contributed by atoms with van der Waals surface area (Å²) >= 11 is 4.34. The molecular formula is C8H16BrO4PS. The fourth-order valence-electron chi connectivity index (χ4n) is 0.836. The molecule has 0 fully saturated rings. The number of thioether (sulfide) groups is 1. The van der Waals surface area contributed by atoms with Crippen molar-refractivity contribution in [3.63, 3.8) is 0 Å². The van der Waals surface area contributed by atoms with Crippen LogP contribution in [0.3, 0.4) is 0 Å². The van der Waals surface area contributed by atoms with E-state index >= 15 is 0 Å². The van der Waals surface area contributed by atoms with Crippen LogP contribution in [0.25, 0.3) is 0 Å². The first kappa shape index (κ1) is 15.7. The lowest BCUT2D eigenvalue weighted by Crippen LogP contribution is -2.10. The minimum absolute atomic E-state index is 0.0148. The lowest BCUT2D eigenvalue weighted by molar-refractivity contribution is -0.109. The molecule has 0 bridgehead atoms. The van der Waals surface area contributed by atoms with Crippen molar-refractivity contribution in [2.24, 2.45) is 0 Å². The fraction of sp³-hybridized carbons (Fsp3) is 0.875. The van der Waals surface area contributed by atoms with Gasteiger partial charge in [0, 0.05) is 12.7 Å². The SMILES string of the molecule is CCOP(=O)(OCC)[C@@H](Br)CSC(C)=O. The van der Waals surface area contributed by atoms with E-state index in [4.69, 9.17) is 9.05 Å². The molecule has 0 aromatic heterocycles. The first-order valence-electron chi connectivity index (χ1n) is 4.62. The molecule has 0 radical (unpaired) electrons. The van der Waals surface area contributed by atoms with Gasteiger partial charge in [0.15, 0.2) is 5.12 Å². The molecule has 0 amide bonds. The predicted molar refractivity (Wildman–Crippen MR) is 66.7 cm³/mol. The Balaban J connectivity index is 4.34. The molecule has 4 nitrogen and oxygen atoms in total. The van der Waals surface area contributed by atoms with E-state index in [-0.39, 0.29) is 5.12 Å². The highest BCUT2D eigenvalue weighted by atomic mass is 79.9. The zero-order valence-corrected chi connectivity index (χ0v) is 12.4. The highest BCUT2D eigenvalue weighted by Crippen LogP contribution is 2.56. The molecule has 0 spiro atoms. The quantitative estimate of drug-likeness (QED) is 0.532. The molecule has 0 unspecified atom stereocenters. The molecule has 0 N–H and O–H groups in total. The second-order valence-corrected chi connectivity index (χ2v) is 7.84. The maximum absolute atomic E-state index is 12.1. The highest BCUT2D eigenvalue weighted by molar-refractivity contribution is 9.10. The number of hydrogen-bond donors (Lipinski definition) is 0. The van der Waals surface area contributed by atoms with Gasteiger partial charge in [0.2, 0.25) is 0 Å². The molecule has 0 rings (SSSR count). The highest BCUT2D eigenvalue weighted by Gasteiger charge is 2.33. The van der Waals surface area contributed by atoms with Crippen molar-refractivity contribution in [2.45, 2.75) is 25.3 Å². The number of carbonyl (C=O) groups excluding carboxylic acids is 1. The minimum atomic E-state index is -3.12. The topological polar surface area (TPSA) is 52.6 Å². The van der Waals surface area contributed by atoms with Crippen LogP contribution in [0.15, 0.2) is 0 Å². The molecule has 15 heavy (non-hydrogen) atoms. The molecule has 0 aliphatic rings. The van der Waals surface area contributed by atoms with Crippen molar-refractivity contribution in [2.75, 3.05) is 19.0 Å². The number of halogens is 1. The number of carbonyl (C=O) groups is 1. The van der Waals surface area contributed by atoms with E-state index in [1.165, 1.54) is 6.92 Å². The summed E-state index contributed by atoms with van der Waals surface area (Å²) in [6.45, 7) is 5.62. The van der Waals surface area contributed by atoms with Gasteiger partial charge in [-0.05, 0) is 13.8 Å². The molecule has 0 saturated carbocycles. The lowest BCUT2D eigenvalue weighted by atomic mass is 10.9.